The van der Waals surface area contributed by atoms with Crippen LogP contribution in [-0.4, -0.2) is 45.2 Å². The van der Waals surface area contributed by atoms with E-state index >= 15 is 0 Å². The Labute approximate surface area is 147 Å². The lowest BCUT2D eigenvalue weighted by atomic mass is 9.99. The number of nitrogens with zero attached hydrogens (tertiary/aromatic N) is 4. The predicted octanol–water partition coefficient (Wildman–Crippen LogP) is 2.29. The Morgan fingerprint density at radius 2 is 2.24 bits per heavy atom. The van der Waals surface area contributed by atoms with Gasteiger partial charge in [-0.15, -0.1) is 0 Å². The summed E-state index contributed by atoms with van der Waals surface area (Å²) in [5.74, 6) is 0.792. The van der Waals surface area contributed by atoms with Gasteiger partial charge in [0.15, 0.2) is 0 Å². The first-order valence-corrected chi connectivity index (χ1v) is 9.33. The van der Waals surface area contributed by atoms with Crippen molar-refractivity contribution < 1.29 is 9.52 Å². The van der Waals surface area contributed by atoms with Crippen LogP contribution in [0.15, 0.2) is 29.2 Å². The van der Waals surface area contributed by atoms with Gasteiger partial charge in [0.1, 0.15) is 0 Å². The number of furan rings is 1. The number of anilines is 1. The standard InChI is InChI=1S/C19H24N4O2/c24-15-2-1-6-22(11-15)19-20-9-16-17(21-19)8-14-3-4-18(16)23(14)10-13-5-7-25-12-13/h5,7,9,12,14-15,18,24H,1-4,6,8,10-11H2. The number of aliphatic hydroxyl groups is 1. The van der Waals surface area contributed by atoms with E-state index in [2.05, 4.69) is 20.9 Å². The van der Waals surface area contributed by atoms with Crippen LogP contribution in [0, 0.1) is 0 Å². The minimum Gasteiger partial charge on any atom is -0.472 e. The third-order valence-corrected chi connectivity index (χ3v) is 5.94. The summed E-state index contributed by atoms with van der Waals surface area (Å²) >= 11 is 0. The lowest BCUT2D eigenvalue weighted by Crippen LogP contribution is -2.40. The minimum absolute atomic E-state index is 0.255. The van der Waals surface area contributed by atoms with Gasteiger partial charge in [-0.1, -0.05) is 0 Å². The molecule has 2 aromatic rings. The Bertz CT molecular complexity index is 748. The van der Waals surface area contributed by atoms with Crippen LogP contribution in [0.25, 0.3) is 0 Å². The molecule has 3 aliphatic rings. The van der Waals surface area contributed by atoms with E-state index in [0.717, 1.165) is 38.3 Å². The predicted molar refractivity (Wildman–Crippen MR) is 93.2 cm³/mol. The molecule has 0 radical (unpaired) electrons. The number of fused-ring (bicyclic) bond motifs is 4. The summed E-state index contributed by atoms with van der Waals surface area (Å²) in [6.07, 6.45) is 10.7. The van der Waals surface area contributed by atoms with Crippen LogP contribution >= 0.6 is 0 Å². The highest BCUT2D eigenvalue weighted by molar-refractivity contribution is 5.38. The second kappa shape index (κ2) is 6.11. The van der Waals surface area contributed by atoms with Gasteiger partial charge in [-0.05, 0) is 31.7 Å². The molecule has 3 atom stereocenters. The average molecular weight is 340 g/mol. The van der Waals surface area contributed by atoms with Crippen molar-refractivity contribution in [1.29, 1.82) is 0 Å². The molecule has 6 nitrogen and oxygen atoms in total. The van der Waals surface area contributed by atoms with Gasteiger partial charge >= 0.3 is 0 Å². The molecule has 0 spiro atoms. The molecule has 0 amide bonds. The van der Waals surface area contributed by atoms with E-state index in [9.17, 15) is 5.11 Å². The number of hydrogen-bond donors (Lipinski definition) is 1. The summed E-state index contributed by atoms with van der Waals surface area (Å²) in [7, 11) is 0. The number of aliphatic hydroxyl groups excluding tert-OH is 1. The van der Waals surface area contributed by atoms with Crippen LogP contribution in [-0.2, 0) is 13.0 Å². The normalized spacial score (nSPS) is 29.0. The first kappa shape index (κ1) is 15.3. The van der Waals surface area contributed by atoms with Crippen LogP contribution in [0.4, 0.5) is 5.95 Å². The van der Waals surface area contributed by atoms with Crippen LogP contribution in [0.2, 0.25) is 0 Å². The Morgan fingerprint density at radius 3 is 3.08 bits per heavy atom. The molecule has 2 bridgehead atoms. The topological polar surface area (TPSA) is 65.6 Å². The van der Waals surface area contributed by atoms with E-state index < -0.39 is 0 Å². The maximum absolute atomic E-state index is 9.92. The number of β-amino-alcohol motifs (C(OH)–C–C–N with tert-alkyl or cyclic N) is 1. The van der Waals surface area contributed by atoms with Crippen molar-refractivity contribution in [1.82, 2.24) is 14.9 Å². The summed E-state index contributed by atoms with van der Waals surface area (Å²) in [6.45, 7) is 2.53. The lowest BCUT2D eigenvalue weighted by Gasteiger charge is -2.36. The number of aromatic nitrogens is 2. The van der Waals surface area contributed by atoms with Gasteiger partial charge in [0.25, 0.3) is 0 Å². The van der Waals surface area contributed by atoms with Crippen LogP contribution in [0.5, 0.6) is 0 Å². The van der Waals surface area contributed by atoms with E-state index in [-0.39, 0.29) is 6.10 Å². The maximum Gasteiger partial charge on any atom is 0.225 e. The van der Waals surface area contributed by atoms with Crippen molar-refractivity contribution in [3.63, 3.8) is 0 Å². The van der Waals surface area contributed by atoms with E-state index in [4.69, 9.17) is 9.40 Å². The third-order valence-electron chi connectivity index (χ3n) is 5.94. The molecule has 5 rings (SSSR count). The highest BCUT2D eigenvalue weighted by Gasteiger charge is 2.41. The molecule has 3 aliphatic heterocycles. The van der Waals surface area contributed by atoms with E-state index in [1.54, 1.807) is 6.26 Å². The second-order valence-electron chi connectivity index (χ2n) is 7.57. The zero-order chi connectivity index (χ0) is 16.8. The summed E-state index contributed by atoms with van der Waals surface area (Å²) in [6, 6.07) is 3.03. The second-order valence-corrected chi connectivity index (χ2v) is 7.57. The van der Waals surface area contributed by atoms with Crippen LogP contribution in [0.1, 0.15) is 48.5 Å². The van der Waals surface area contributed by atoms with Gasteiger partial charge < -0.3 is 14.4 Å². The summed E-state index contributed by atoms with van der Waals surface area (Å²) in [4.78, 5) is 14.3. The highest BCUT2D eigenvalue weighted by Crippen LogP contribution is 2.44. The molecule has 2 aromatic heterocycles. The lowest BCUT2D eigenvalue weighted by molar-refractivity contribution is 0.153. The smallest absolute Gasteiger partial charge is 0.225 e. The summed E-state index contributed by atoms with van der Waals surface area (Å²) in [5, 5.41) is 9.92. The molecule has 2 saturated heterocycles. The monoisotopic (exact) mass is 340 g/mol. The molecule has 132 valence electrons. The maximum atomic E-state index is 9.92. The molecule has 25 heavy (non-hydrogen) atoms. The highest BCUT2D eigenvalue weighted by atomic mass is 16.3. The molecule has 5 heterocycles. The molecule has 2 fully saturated rings. The fraction of sp³-hybridized carbons (Fsp3) is 0.579. The van der Waals surface area contributed by atoms with Crippen molar-refractivity contribution in [2.24, 2.45) is 0 Å². The molecule has 0 aromatic carbocycles. The van der Waals surface area contributed by atoms with Crippen molar-refractivity contribution in [2.45, 2.75) is 56.8 Å². The first-order valence-electron chi connectivity index (χ1n) is 9.33. The van der Waals surface area contributed by atoms with Gasteiger partial charge in [0.2, 0.25) is 5.95 Å². The third kappa shape index (κ3) is 2.73. The minimum atomic E-state index is -0.255. The molecule has 0 saturated carbocycles. The number of piperidine rings is 1. The van der Waals surface area contributed by atoms with Crippen molar-refractivity contribution in [3.05, 3.63) is 41.6 Å². The molecule has 3 unspecified atom stereocenters. The van der Waals surface area contributed by atoms with Crippen molar-refractivity contribution in [3.8, 4) is 0 Å². The van der Waals surface area contributed by atoms with Crippen molar-refractivity contribution in [2.75, 3.05) is 18.0 Å². The molecule has 6 heteroatoms. The molecular formula is C19H24N4O2. The summed E-state index contributed by atoms with van der Waals surface area (Å²) < 4.78 is 5.23. The zero-order valence-electron chi connectivity index (χ0n) is 14.3. The Hall–Kier alpha value is -1.92. The zero-order valence-corrected chi connectivity index (χ0v) is 14.3. The Morgan fingerprint density at radius 1 is 1.28 bits per heavy atom. The van der Waals surface area contributed by atoms with Crippen LogP contribution in [0.3, 0.4) is 0 Å². The van der Waals surface area contributed by atoms with Gasteiger partial charge in [-0.3, -0.25) is 4.90 Å². The Kier molecular flexibility index (Phi) is 3.75. The fourth-order valence-corrected chi connectivity index (χ4v) is 4.69. The summed E-state index contributed by atoms with van der Waals surface area (Å²) in [5.41, 5.74) is 3.74. The SMILES string of the molecule is OC1CCCN(c2ncc3c(n2)CC2CCC3N2Cc2ccoc2)C1. The van der Waals surface area contributed by atoms with Gasteiger partial charge in [0, 0.05) is 55.5 Å². The quantitative estimate of drug-likeness (QED) is 0.925. The average Bonchev–Trinajstić information content (AvgIpc) is 3.22. The Balaban J connectivity index is 1.40. The fourth-order valence-electron chi connectivity index (χ4n) is 4.69. The molecular weight excluding hydrogens is 316 g/mol. The largest absolute Gasteiger partial charge is 0.472 e. The van der Waals surface area contributed by atoms with Gasteiger partial charge in [-0.2, -0.15) is 0 Å². The van der Waals surface area contributed by atoms with Gasteiger partial charge in [0.05, 0.1) is 24.3 Å². The van der Waals surface area contributed by atoms with E-state index in [1.807, 2.05) is 12.5 Å². The van der Waals surface area contributed by atoms with E-state index in [0.29, 0.717) is 18.6 Å². The first-order chi connectivity index (χ1) is 12.3. The van der Waals surface area contributed by atoms with E-state index in [1.165, 1.54) is 29.7 Å². The number of rotatable bonds is 3. The molecule has 1 N–H and O–H groups in total. The molecule has 0 aliphatic carbocycles. The van der Waals surface area contributed by atoms with Crippen LogP contribution < -0.4 is 4.90 Å². The van der Waals surface area contributed by atoms with Gasteiger partial charge in [-0.25, -0.2) is 9.97 Å². The number of hydrogen-bond acceptors (Lipinski definition) is 6. The van der Waals surface area contributed by atoms with Crippen molar-refractivity contribution >= 4 is 5.95 Å².